The second kappa shape index (κ2) is 11.9. The predicted molar refractivity (Wildman–Crippen MR) is 148 cm³/mol. The number of nitrogens with one attached hydrogen (secondary N) is 1. The molecule has 1 aliphatic rings. The van der Waals surface area contributed by atoms with Crippen molar-refractivity contribution in [3.05, 3.63) is 81.9 Å². The van der Waals surface area contributed by atoms with Gasteiger partial charge in [-0.1, -0.05) is 17.7 Å². The van der Waals surface area contributed by atoms with Gasteiger partial charge in [0, 0.05) is 42.0 Å². The van der Waals surface area contributed by atoms with Crippen molar-refractivity contribution in [3.8, 4) is 11.3 Å². The van der Waals surface area contributed by atoms with Gasteiger partial charge in [0.15, 0.2) is 5.82 Å². The Hall–Kier alpha value is -4.36. The number of aliphatic hydroxyl groups excluding tert-OH is 1. The van der Waals surface area contributed by atoms with Gasteiger partial charge in [-0.05, 0) is 37.5 Å². The minimum atomic E-state index is -3.02. The Kier molecular flexibility index (Phi) is 8.23. The van der Waals surface area contributed by atoms with Gasteiger partial charge in [0.2, 0.25) is 5.91 Å². The zero-order valence-corrected chi connectivity index (χ0v) is 23.2. The second-order valence-electron chi connectivity index (χ2n) is 9.71. The molecule has 0 radical (unpaired) electrons. The molecule has 4 heterocycles. The standard InChI is InChI=1S/C28H25ClF3N7O3/c1-14-15(2)27(38-7-3-4-23(38)41)34-9-18(14)22(13-40)39-12-16(8-35-39)36-28(42)21-11-33-10-20(37-21)24-17(26(31)32)5-6-19(29)25(24)30/h5-6,8-12,22,26,40H,3-4,7,13H2,1-2H3,(H,36,42). The van der Waals surface area contributed by atoms with E-state index in [0.717, 1.165) is 42.1 Å². The van der Waals surface area contributed by atoms with Crippen LogP contribution in [0.5, 0.6) is 0 Å². The van der Waals surface area contributed by atoms with Crippen LogP contribution >= 0.6 is 11.6 Å². The number of alkyl halides is 2. The first-order valence-electron chi connectivity index (χ1n) is 12.9. The average Bonchev–Trinajstić information content (AvgIpc) is 3.61. The van der Waals surface area contributed by atoms with Crippen molar-refractivity contribution in [2.24, 2.45) is 0 Å². The Labute approximate surface area is 243 Å². The highest BCUT2D eigenvalue weighted by atomic mass is 35.5. The maximum absolute atomic E-state index is 14.7. The molecule has 0 saturated carbocycles. The maximum atomic E-state index is 14.7. The zero-order valence-electron chi connectivity index (χ0n) is 22.5. The lowest BCUT2D eigenvalue weighted by Gasteiger charge is -2.23. The van der Waals surface area contributed by atoms with Crippen LogP contribution in [0.1, 0.15) is 58.1 Å². The van der Waals surface area contributed by atoms with Gasteiger partial charge < -0.3 is 10.4 Å². The second-order valence-corrected chi connectivity index (χ2v) is 10.1. The number of benzene rings is 1. The van der Waals surface area contributed by atoms with Crippen LogP contribution in [-0.2, 0) is 4.79 Å². The summed E-state index contributed by atoms with van der Waals surface area (Å²) < 4.78 is 43.3. The third kappa shape index (κ3) is 5.44. The van der Waals surface area contributed by atoms with Gasteiger partial charge in [0.05, 0.1) is 41.6 Å². The topological polar surface area (TPSA) is 126 Å². The summed E-state index contributed by atoms with van der Waals surface area (Å²) in [6.07, 6.45) is 4.86. The Balaban J connectivity index is 1.38. The first-order valence-corrected chi connectivity index (χ1v) is 13.3. The third-order valence-corrected chi connectivity index (χ3v) is 7.47. The highest BCUT2D eigenvalue weighted by Crippen LogP contribution is 2.35. The predicted octanol–water partition coefficient (Wildman–Crippen LogP) is 5.04. The summed E-state index contributed by atoms with van der Waals surface area (Å²) >= 11 is 5.80. The normalized spacial score (nSPS) is 14.1. The number of hydrogen-bond donors (Lipinski definition) is 2. The van der Waals surface area contributed by atoms with Crippen molar-refractivity contribution in [1.29, 1.82) is 0 Å². The minimum Gasteiger partial charge on any atom is -0.394 e. The van der Waals surface area contributed by atoms with Crippen LogP contribution in [0.2, 0.25) is 5.02 Å². The Morgan fingerprint density at radius 1 is 1.14 bits per heavy atom. The molecule has 2 N–H and O–H groups in total. The number of carbonyl (C=O) groups excluding carboxylic acids is 2. The van der Waals surface area contributed by atoms with E-state index in [9.17, 15) is 27.9 Å². The van der Waals surface area contributed by atoms with Crippen LogP contribution in [-0.4, -0.2) is 54.8 Å². The zero-order chi connectivity index (χ0) is 30.1. The van der Waals surface area contributed by atoms with Crippen molar-refractivity contribution in [2.75, 3.05) is 23.4 Å². The maximum Gasteiger partial charge on any atom is 0.275 e. The molecule has 14 heteroatoms. The largest absolute Gasteiger partial charge is 0.394 e. The van der Waals surface area contributed by atoms with Gasteiger partial charge >= 0.3 is 0 Å². The summed E-state index contributed by atoms with van der Waals surface area (Å²) in [6.45, 7) is 4.01. The third-order valence-electron chi connectivity index (χ3n) is 7.18. The summed E-state index contributed by atoms with van der Waals surface area (Å²) in [6, 6.07) is 1.36. The summed E-state index contributed by atoms with van der Waals surface area (Å²) in [7, 11) is 0. The molecule has 0 aliphatic carbocycles. The molecule has 4 aromatic rings. The highest BCUT2D eigenvalue weighted by Gasteiger charge is 2.27. The smallest absolute Gasteiger partial charge is 0.275 e. The molecule has 1 aromatic carbocycles. The fraction of sp³-hybridized carbons (Fsp3) is 0.286. The summed E-state index contributed by atoms with van der Waals surface area (Å²) in [4.78, 5) is 39.3. The molecule has 1 unspecified atom stereocenters. The molecule has 42 heavy (non-hydrogen) atoms. The van der Waals surface area contributed by atoms with E-state index in [1.807, 2.05) is 13.8 Å². The number of aliphatic hydroxyl groups is 1. The van der Waals surface area contributed by atoms with E-state index >= 15 is 0 Å². The van der Waals surface area contributed by atoms with Crippen molar-refractivity contribution in [2.45, 2.75) is 39.2 Å². The lowest BCUT2D eigenvalue weighted by molar-refractivity contribution is -0.117. The van der Waals surface area contributed by atoms with Crippen LogP contribution in [0.3, 0.4) is 0 Å². The summed E-state index contributed by atoms with van der Waals surface area (Å²) in [5, 5.41) is 16.7. The first-order chi connectivity index (χ1) is 20.1. The van der Waals surface area contributed by atoms with Crippen molar-refractivity contribution >= 4 is 34.9 Å². The molecular formula is C28H25ClF3N7O3. The molecule has 1 saturated heterocycles. The van der Waals surface area contributed by atoms with E-state index in [2.05, 4.69) is 25.4 Å². The number of rotatable bonds is 8. The van der Waals surface area contributed by atoms with E-state index in [1.165, 1.54) is 17.1 Å². The van der Waals surface area contributed by atoms with Crippen molar-refractivity contribution < 1.29 is 27.9 Å². The van der Waals surface area contributed by atoms with E-state index in [1.54, 1.807) is 11.1 Å². The van der Waals surface area contributed by atoms with Crippen LogP contribution in [0.25, 0.3) is 11.3 Å². The van der Waals surface area contributed by atoms with Gasteiger partial charge in [0.1, 0.15) is 17.6 Å². The van der Waals surface area contributed by atoms with E-state index in [0.29, 0.717) is 24.3 Å². The molecule has 10 nitrogen and oxygen atoms in total. The van der Waals surface area contributed by atoms with Gasteiger partial charge in [-0.3, -0.25) is 24.2 Å². The lowest BCUT2D eigenvalue weighted by Crippen LogP contribution is -2.26. The first kappa shape index (κ1) is 29.1. The van der Waals surface area contributed by atoms with E-state index in [-0.39, 0.29) is 34.6 Å². The quantitative estimate of drug-likeness (QED) is 0.290. The molecular weight excluding hydrogens is 575 g/mol. The number of amides is 2. The van der Waals surface area contributed by atoms with Crippen LogP contribution in [0.15, 0.2) is 43.1 Å². The molecule has 2 amide bonds. The summed E-state index contributed by atoms with van der Waals surface area (Å²) in [5.74, 6) is -1.24. The number of pyridine rings is 1. The fourth-order valence-electron chi connectivity index (χ4n) is 4.88. The molecule has 5 rings (SSSR count). The minimum absolute atomic E-state index is 0.0197. The average molecular weight is 600 g/mol. The number of halogens is 4. The van der Waals surface area contributed by atoms with Gasteiger partial charge in [-0.15, -0.1) is 0 Å². The molecule has 3 aromatic heterocycles. The van der Waals surface area contributed by atoms with Gasteiger partial charge in [-0.25, -0.2) is 23.1 Å². The van der Waals surface area contributed by atoms with Gasteiger partial charge in [0.25, 0.3) is 12.3 Å². The summed E-state index contributed by atoms with van der Waals surface area (Å²) in [5.41, 5.74) is 0.845. The molecule has 1 aliphatic heterocycles. The van der Waals surface area contributed by atoms with Crippen molar-refractivity contribution in [3.63, 3.8) is 0 Å². The molecule has 0 bridgehead atoms. The Morgan fingerprint density at radius 2 is 1.93 bits per heavy atom. The van der Waals surface area contributed by atoms with Crippen LogP contribution in [0, 0.1) is 19.7 Å². The number of hydrogen-bond acceptors (Lipinski definition) is 7. The molecule has 0 spiro atoms. The number of anilines is 2. The van der Waals surface area contributed by atoms with Crippen LogP contribution in [0.4, 0.5) is 24.7 Å². The van der Waals surface area contributed by atoms with E-state index in [4.69, 9.17) is 11.6 Å². The monoisotopic (exact) mass is 599 g/mol. The van der Waals surface area contributed by atoms with Crippen LogP contribution < -0.4 is 10.2 Å². The Morgan fingerprint density at radius 3 is 2.62 bits per heavy atom. The van der Waals surface area contributed by atoms with Gasteiger partial charge in [-0.2, -0.15) is 5.10 Å². The lowest BCUT2D eigenvalue weighted by atomic mass is 10.00. The number of carbonyl (C=O) groups is 2. The number of nitrogens with zero attached hydrogens (tertiary/aromatic N) is 6. The van der Waals surface area contributed by atoms with E-state index < -0.39 is 35.3 Å². The number of aromatic nitrogens is 5. The highest BCUT2D eigenvalue weighted by molar-refractivity contribution is 6.31. The van der Waals surface area contributed by atoms with Crippen molar-refractivity contribution in [1.82, 2.24) is 24.7 Å². The Bertz CT molecular complexity index is 1680. The fourth-order valence-corrected chi connectivity index (χ4v) is 5.04. The molecule has 218 valence electrons. The molecule has 1 atom stereocenters. The molecule has 1 fully saturated rings. The SMILES string of the molecule is Cc1c(C(CO)n2cc(NC(=O)c3cncc(-c4c(C(F)F)ccc(Cl)c4F)n3)cn2)cnc(N2CCCC2=O)c1C.